The Kier molecular flexibility index (Phi) is 6.26. The second-order valence-electron chi connectivity index (χ2n) is 6.91. The van der Waals surface area contributed by atoms with E-state index in [0.29, 0.717) is 6.54 Å². The van der Waals surface area contributed by atoms with E-state index in [4.69, 9.17) is 10.5 Å². The molecule has 1 saturated heterocycles. The van der Waals surface area contributed by atoms with Gasteiger partial charge in [-0.05, 0) is 36.7 Å². The lowest BCUT2D eigenvalue weighted by Gasteiger charge is -2.33. The summed E-state index contributed by atoms with van der Waals surface area (Å²) in [5, 5.41) is 0. The first-order valence-corrected chi connectivity index (χ1v) is 8.70. The van der Waals surface area contributed by atoms with E-state index in [1.807, 2.05) is 0 Å². The van der Waals surface area contributed by atoms with Gasteiger partial charge in [0, 0.05) is 36.3 Å². The molecule has 2 N–H and O–H groups in total. The van der Waals surface area contributed by atoms with Crippen molar-refractivity contribution in [2.24, 2.45) is 11.1 Å². The highest BCUT2D eigenvalue weighted by Crippen LogP contribution is 2.27. The molecule has 0 unspecified atom stereocenters. The molecule has 5 heteroatoms. The number of nitrogens with zero attached hydrogens (tertiary/aromatic N) is 2. The Balaban J connectivity index is 2.12. The zero-order chi connectivity index (χ0) is 16.2. The third-order valence-electron chi connectivity index (χ3n) is 4.09. The minimum atomic E-state index is 0.142. The minimum absolute atomic E-state index is 0.142. The van der Waals surface area contributed by atoms with Crippen molar-refractivity contribution in [2.45, 2.75) is 20.4 Å². The van der Waals surface area contributed by atoms with E-state index in [0.717, 1.165) is 43.9 Å². The molecule has 0 saturated carbocycles. The van der Waals surface area contributed by atoms with Crippen LogP contribution in [0.2, 0.25) is 0 Å². The molecule has 1 heterocycles. The molecule has 0 radical (unpaired) electrons. The molecular formula is C17H28BrN3O. The van der Waals surface area contributed by atoms with Crippen LogP contribution in [0.1, 0.15) is 19.4 Å². The smallest absolute Gasteiger partial charge is 0.0642 e. The highest BCUT2D eigenvalue weighted by Gasteiger charge is 2.20. The number of benzene rings is 1. The van der Waals surface area contributed by atoms with Crippen LogP contribution in [0.15, 0.2) is 22.7 Å². The summed E-state index contributed by atoms with van der Waals surface area (Å²) in [5.41, 5.74) is 8.68. The van der Waals surface area contributed by atoms with Gasteiger partial charge in [0.25, 0.3) is 0 Å². The molecular weight excluding hydrogens is 342 g/mol. The van der Waals surface area contributed by atoms with Crippen molar-refractivity contribution < 1.29 is 4.74 Å². The van der Waals surface area contributed by atoms with Gasteiger partial charge in [-0.25, -0.2) is 0 Å². The van der Waals surface area contributed by atoms with Crippen LogP contribution in [0.3, 0.4) is 0 Å². The number of morpholine rings is 1. The molecule has 0 aliphatic carbocycles. The molecule has 22 heavy (non-hydrogen) atoms. The highest BCUT2D eigenvalue weighted by atomic mass is 79.9. The fourth-order valence-electron chi connectivity index (χ4n) is 2.91. The van der Waals surface area contributed by atoms with E-state index in [2.05, 4.69) is 64.8 Å². The van der Waals surface area contributed by atoms with Gasteiger partial charge in [-0.3, -0.25) is 0 Å². The summed E-state index contributed by atoms with van der Waals surface area (Å²) in [6, 6.07) is 6.57. The normalized spacial score (nSPS) is 16.4. The summed E-state index contributed by atoms with van der Waals surface area (Å²) >= 11 is 3.60. The summed E-state index contributed by atoms with van der Waals surface area (Å²) in [6.07, 6.45) is 0. The molecule has 1 fully saturated rings. The molecule has 1 aliphatic rings. The standard InChI is InChI=1S/C17H28BrN3O/c1-17(2,12-19)13-20(3)11-14-4-5-15(18)10-16(14)21-6-8-22-9-7-21/h4-5,10H,6-9,11-13,19H2,1-3H3. The first kappa shape index (κ1) is 17.7. The summed E-state index contributed by atoms with van der Waals surface area (Å²) in [6.45, 7) is 10.6. The molecule has 1 aliphatic heterocycles. The highest BCUT2D eigenvalue weighted by molar-refractivity contribution is 9.10. The number of ether oxygens (including phenoxy) is 1. The number of hydrogen-bond donors (Lipinski definition) is 1. The third-order valence-corrected chi connectivity index (χ3v) is 4.58. The SMILES string of the molecule is CN(Cc1ccc(Br)cc1N1CCOCC1)CC(C)(C)CN. The average Bonchev–Trinajstić information content (AvgIpc) is 2.49. The van der Waals surface area contributed by atoms with Crippen molar-refractivity contribution in [1.82, 2.24) is 4.90 Å². The van der Waals surface area contributed by atoms with E-state index >= 15 is 0 Å². The molecule has 0 atom stereocenters. The Labute approximate surface area is 142 Å². The minimum Gasteiger partial charge on any atom is -0.378 e. The Morgan fingerprint density at radius 1 is 1.32 bits per heavy atom. The zero-order valence-corrected chi connectivity index (χ0v) is 15.5. The molecule has 0 spiro atoms. The monoisotopic (exact) mass is 369 g/mol. The number of hydrogen-bond acceptors (Lipinski definition) is 4. The van der Waals surface area contributed by atoms with Crippen LogP contribution in [0, 0.1) is 5.41 Å². The summed E-state index contributed by atoms with van der Waals surface area (Å²) < 4.78 is 6.60. The maximum Gasteiger partial charge on any atom is 0.0642 e. The van der Waals surface area contributed by atoms with Crippen LogP contribution in [0.4, 0.5) is 5.69 Å². The van der Waals surface area contributed by atoms with Crippen LogP contribution >= 0.6 is 15.9 Å². The van der Waals surface area contributed by atoms with Crippen LogP contribution in [-0.2, 0) is 11.3 Å². The number of rotatable bonds is 6. The summed E-state index contributed by atoms with van der Waals surface area (Å²) in [4.78, 5) is 4.78. The lowest BCUT2D eigenvalue weighted by molar-refractivity contribution is 0.122. The lowest BCUT2D eigenvalue weighted by atomic mass is 9.93. The second kappa shape index (κ2) is 7.77. The first-order chi connectivity index (χ1) is 10.4. The van der Waals surface area contributed by atoms with Gasteiger partial charge in [-0.15, -0.1) is 0 Å². The van der Waals surface area contributed by atoms with Crippen LogP contribution in [0.5, 0.6) is 0 Å². The maximum absolute atomic E-state index is 5.86. The second-order valence-corrected chi connectivity index (χ2v) is 7.83. The Hall–Kier alpha value is -0.620. The molecule has 0 aromatic heterocycles. The number of halogens is 1. The Bertz CT molecular complexity index is 487. The predicted molar refractivity (Wildman–Crippen MR) is 96.3 cm³/mol. The molecule has 4 nitrogen and oxygen atoms in total. The first-order valence-electron chi connectivity index (χ1n) is 7.91. The summed E-state index contributed by atoms with van der Waals surface area (Å²) in [5.74, 6) is 0. The van der Waals surface area contributed by atoms with Gasteiger partial charge in [0.15, 0.2) is 0 Å². The zero-order valence-electron chi connectivity index (χ0n) is 13.9. The number of anilines is 1. The topological polar surface area (TPSA) is 41.7 Å². The van der Waals surface area contributed by atoms with Gasteiger partial charge in [0.05, 0.1) is 13.2 Å². The van der Waals surface area contributed by atoms with Gasteiger partial charge >= 0.3 is 0 Å². The van der Waals surface area contributed by atoms with Crippen molar-refractivity contribution >= 4 is 21.6 Å². The van der Waals surface area contributed by atoms with E-state index in [1.165, 1.54) is 11.3 Å². The van der Waals surface area contributed by atoms with Crippen LogP contribution in [-0.4, -0.2) is 51.3 Å². The number of nitrogens with two attached hydrogens (primary N) is 1. The molecule has 0 amide bonds. The average molecular weight is 370 g/mol. The van der Waals surface area contributed by atoms with Crippen molar-refractivity contribution in [3.05, 3.63) is 28.2 Å². The fraction of sp³-hybridized carbons (Fsp3) is 0.647. The molecule has 1 aromatic rings. The lowest BCUT2D eigenvalue weighted by Crippen LogP contribution is -2.38. The van der Waals surface area contributed by atoms with Crippen LogP contribution in [0.25, 0.3) is 0 Å². The van der Waals surface area contributed by atoms with Gasteiger partial charge in [-0.1, -0.05) is 35.8 Å². The van der Waals surface area contributed by atoms with E-state index in [-0.39, 0.29) is 5.41 Å². The Morgan fingerprint density at radius 2 is 2.00 bits per heavy atom. The largest absolute Gasteiger partial charge is 0.378 e. The van der Waals surface area contributed by atoms with Crippen molar-refractivity contribution in [3.63, 3.8) is 0 Å². The van der Waals surface area contributed by atoms with Crippen molar-refractivity contribution in [3.8, 4) is 0 Å². The quantitative estimate of drug-likeness (QED) is 0.836. The molecule has 0 bridgehead atoms. The predicted octanol–water partition coefficient (Wildman–Crippen LogP) is 2.70. The van der Waals surface area contributed by atoms with Gasteiger partial charge < -0.3 is 20.3 Å². The third kappa shape index (κ3) is 4.95. The van der Waals surface area contributed by atoms with Gasteiger partial charge in [-0.2, -0.15) is 0 Å². The fourth-order valence-corrected chi connectivity index (χ4v) is 3.26. The van der Waals surface area contributed by atoms with E-state index < -0.39 is 0 Å². The Morgan fingerprint density at radius 3 is 2.64 bits per heavy atom. The van der Waals surface area contributed by atoms with Gasteiger partial charge in [0.1, 0.15) is 0 Å². The van der Waals surface area contributed by atoms with E-state index in [1.54, 1.807) is 0 Å². The molecule has 2 rings (SSSR count). The summed E-state index contributed by atoms with van der Waals surface area (Å²) in [7, 11) is 2.17. The molecule has 124 valence electrons. The van der Waals surface area contributed by atoms with Crippen LogP contribution < -0.4 is 10.6 Å². The maximum atomic E-state index is 5.86. The van der Waals surface area contributed by atoms with Gasteiger partial charge in [0.2, 0.25) is 0 Å². The van der Waals surface area contributed by atoms with Crippen molar-refractivity contribution in [2.75, 3.05) is 51.3 Å². The van der Waals surface area contributed by atoms with E-state index in [9.17, 15) is 0 Å². The van der Waals surface area contributed by atoms with Crippen molar-refractivity contribution in [1.29, 1.82) is 0 Å². The molecule has 1 aromatic carbocycles.